The number of fused-ring (bicyclic) bond motifs is 2. The number of ether oxygens (including phenoxy) is 2. The highest BCUT2D eigenvalue weighted by Gasteiger charge is 2.55. The molecular formula is C20H25N3O3. The lowest BCUT2D eigenvalue weighted by molar-refractivity contribution is 0.0994. The molecule has 1 unspecified atom stereocenters. The number of amides is 1. The molecule has 0 bridgehead atoms. The van der Waals surface area contributed by atoms with E-state index in [-0.39, 0.29) is 11.5 Å². The molecule has 0 spiro atoms. The highest BCUT2D eigenvalue weighted by atomic mass is 16.5. The van der Waals surface area contributed by atoms with Gasteiger partial charge in [-0.15, -0.1) is 0 Å². The molecule has 4 rings (SSSR count). The van der Waals surface area contributed by atoms with Gasteiger partial charge in [-0.2, -0.15) is 0 Å². The van der Waals surface area contributed by atoms with Crippen molar-refractivity contribution in [1.29, 1.82) is 0 Å². The van der Waals surface area contributed by atoms with Crippen LogP contribution >= 0.6 is 0 Å². The summed E-state index contributed by atoms with van der Waals surface area (Å²) in [6.07, 6.45) is 4.08. The minimum absolute atomic E-state index is 0.0639. The Balaban J connectivity index is 1.65. The lowest BCUT2D eigenvalue weighted by atomic mass is 10.00. The van der Waals surface area contributed by atoms with E-state index in [2.05, 4.69) is 10.3 Å². The van der Waals surface area contributed by atoms with Gasteiger partial charge in [-0.05, 0) is 62.7 Å². The standard InChI is InChI=1S/C20H25N3O3/c1-12(2)26-17-8-15-13(7-16(17)18(21)24)3-6-23-19(15)25-11-20-9-14(20)4-5-22-10-20/h3,6-8,12,14,22H,4-5,9-11H2,1-2H3,(H2,21,24)/t14-,20?/m1/s1. The van der Waals surface area contributed by atoms with E-state index in [0.29, 0.717) is 23.8 Å². The maximum Gasteiger partial charge on any atom is 0.252 e. The monoisotopic (exact) mass is 355 g/mol. The van der Waals surface area contributed by atoms with E-state index in [1.54, 1.807) is 12.3 Å². The molecule has 138 valence electrons. The Hall–Kier alpha value is -2.34. The van der Waals surface area contributed by atoms with Gasteiger partial charge in [-0.3, -0.25) is 4.79 Å². The molecule has 0 radical (unpaired) electrons. The van der Waals surface area contributed by atoms with Crippen molar-refractivity contribution in [3.8, 4) is 11.6 Å². The largest absolute Gasteiger partial charge is 0.490 e. The van der Waals surface area contributed by atoms with E-state index in [1.807, 2.05) is 26.0 Å². The second-order valence-corrected chi connectivity index (χ2v) is 7.73. The number of rotatable bonds is 6. The molecule has 1 aliphatic heterocycles. The smallest absolute Gasteiger partial charge is 0.252 e. The third kappa shape index (κ3) is 3.09. The van der Waals surface area contributed by atoms with Crippen molar-refractivity contribution in [3.63, 3.8) is 0 Å². The number of nitrogens with zero attached hydrogens (tertiary/aromatic N) is 1. The van der Waals surface area contributed by atoms with Gasteiger partial charge in [0.25, 0.3) is 5.91 Å². The fraction of sp³-hybridized carbons (Fsp3) is 0.500. The SMILES string of the molecule is CC(C)Oc1cc2c(OCC34CNCC[C@@H]3C4)nccc2cc1C(N)=O. The van der Waals surface area contributed by atoms with Crippen LogP contribution in [0.15, 0.2) is 24.4 Å². The molecule has 2 aromatic rings. The lowest BCUT2D eigenvalue weighted by Gasteiger charge is -2.23. The van der Waals surface area contributed by atoms with E-state index >= 15 is 0 Å². The van der Waals surface area contributed by atoms with Gasteiger partial charge < -0.3 is 20.5 Å². The van der Waals surface area contributed by atoms with Gasteiger partial charge in [0.1, 0.15) is 5.75 Å². The summed E-state index contributed by atoms with van der Waals surface area (Å²) in [5.41, 5.74) is 6.16. The van der Waals surface area contributed by atoms with Crippen LogP contribution in [0.25, 0.3) is 10.8 Å². The van der Waals surface area contributed by atoms with Gasteiger partial charge in [-0.25, -0.2) is 4.98 Å². The number of pyridine rings is 1. The zero-order valence-corrected chi connectivity index (χ0v) is 15.2. The van der Waals surface area contributed by atoms with Crippen LogP contribution in [0, 0.1) is 11.3 Å². The Kier molecular flexibility index (Phi) is 4.23. The summed E-state index contributed by atoms with van der Waals surface area (Å²) in [4.78, 5) is 16.2. The second kappa shape index (κ2) is 6.43. The van der Waals surface area contributed by atoms with E-state index < -0.39 is 5.91 Å². The molecule has 6 nitrogen and oxygen atoms in total. The van der Waals surface area contributed by atoms with E-state index in [0.717, 1.165) is 29.8 Å². The normalized spacial score (nSPS) is 24.3. The van der Waals surface area contributed by atoms with Crippen LogP contribution in [-0.4, -0.2) is 36.7 Å². The number of benzene rings is 1. The third-order valence-electron chi connectivity index (χ3n) is 5.46. The fourth-order valence-corrected chi connectivity index (χ4v) is 3.94. The molecule has 1 saturated heterocycles. The maximum atomic E-state index is 11.8. The predicted molar refractivity (Wildman–Crippen MR) is 99.5 cm³/mol. The Morgan fingerprint density at radius 2 is 2.31 bits per heavy atom. The van der Waals surface area contributed by atoms with Crippen molar-refractivity contribution in [1.82, 2.24) is 10.3 Å². The van der Waals surface area contributed by atoms with Gasteiger partial charge in [-0.1, -0.05) is 0 Å². The summed E-state index contributed by atoms with van der Waals surface area (Å²) in [6.45, 7) is 6.60. The Labute approximate surface area is 153 Å². The lowest BCUT2D eigenvalue weighted by Crippen LogP contribution is -2.35. The topological polar surface area (TPSA) is 86.5 Å². The number of primary amides is 1. The number of carbonyl (C=O) groups excluding carboxylic acids is 1. The Morgan fingerprint density at radius 3 is 3.04 bits per heavy atom. The minimum atomic E-state index is -0.505. The Bertz CT molecular complexity index is 852. The Morgan fingerprint density at radius 1 is 1.46 bits per heavy atom. The van der Waals surface area contributed by atoms with Gasteiger partial charge in [0.15, 0.2) is 0 Å². The highest BCUT2D eigenvalue weighted by Crippen LogP contribution is 2.55. The zero-order chi connectivity index (χ0) is 18.3. The van der Waals surface area contributed by atoms with Crippen LogP contribution in [-0.2, 0) is 0 Å². The van der Waals surface area contributed by atoms with Crippen LogP contribution < -0.4 is 20.5 Å². The van der Waals surface area contributed by atoms with Crippen LogP contribution in [0.1, 0.15) is 37.0 Å². The molecule has 2 fully saturated rings. The maximum absolute atomic E-state index is 11.8. The number of nitrogens with two attached hydrogens (primary N) is 1. The molecule has 3 N–H and O–H groups in total. The average Bonchev–Trinajstić information content (AvgIpc) is 3.33. The van der Waals surface area contributed by atoms with E-state index in [9.17, 15) is 4.79 Å². The van der Waals surface area contributed by atoms with Gasteiger partial charge >= 0.3 is 0 Å². The highest BCUT2D eigenvalue weighted by molar-refractivity contribution is 6.01. The summed E-state index contributed by atoms with van der Waals surface area (Å²) in [7, 11) is 0. The molecule has 2 heterocycles. The molecule has 2 atom stereocenters. The zero-order valence-electron chi connectivity index (χ0n) is 15.2. The summed E-state index contributed by atoms with van der Waals surface area (Å²) in [5, 5.41) is 5.17. The summed E-state index contributed by atoms with van der Waals surface area (Å²) in [6, 6.07) is 5.43. The van der Waals surface area contributed by atoms with Gasteiger partial charge in [0.05, 0.1) is 18.3 Å². The quantitative estimate of drug-likeness (QED) is 0.831. The van der Waals surface area contributed by atoms with Crippen molar-refractivity contribution < 1.29 is 14.3 Å². The molecule has 1 aromatic carbocycles. The minimum Gasteiger partial charge on any atom is -0.490 e. The van der Waals surface area contributed by atoms with Crippen molar-refractivity contribution in [2.24, 2.45) is 17.1 Å². The first-order valence-electron chi connectivity index (χ1n) is 9.21. The average molecular weight is 355 g/mol. The molecule has 1 aromatic heterocycles. The van der Waals surface area contributed by atoms with E-state index in [4.69, 9.17) is 15.2 Å². The van der Waals surface area contributed by atoms with Crippen molar-refractivity contribution in [3.05, 3.63) is 30.0 Å². The predicted octanol–water partition coefficient (Wildman–Crippen LogP) is 2.50. The molecule has 6 heteroatoms. The first-order valence-corrected chi connectivity index (χ1v) is 9.21. The number of nitrogens with one attached hydrogen (secondary N) is 1. The number of aromatic nitrogens is 1. The number of hydrogen-bond donors (Lipinski definition) is 2. The van der Waals surface area contributed by atoms with Crippen molar-refractivity contribution in [2.45, 2.75) is 32.8 Å². The number of hydrogen-bond acceptors (Lipinski definition) is 5. The molecule has 1 saturated carbocycles. The molecular weight excluding hydrogens is 330 g/mol. The summed E-state index contributed by atoms with van der Waals surface area (Å²) >= 11 is 0. The van der Waals surface area contributed by atoms with Crippen molar-refractivity contribution >= 4 is 16.7 Å². The van der Waals surface area contributed by atoms with E-state index in [1.165, 1.54) is 12.8 Å². The molecule has 26 heavy (non-hydrogen) atoms. The van der Waals surface area contributed by atoms with Gasteiger partial charge in [0.2, 0.25) is 5.88 Å². The molecule has 2 aliphatic rings. The van der Waals surface area contributed by atoms with Crippen LogP contribution in [0.2, 0.25) is 0 Å². The van der Waals surface area contributed by atoms with Crippen LogP contribution in [0.5, 0.6) is 11.6 Å². The van der Waals surface area contributed by atoms with Crippen molar-refractivity contribution in [2.75, 3.05) is 19.7 Å². The third-order valence-corrected chi connectivity index (χ3v) is 5.46. The second-order valence-electron chi connectivity index (χ2n) is 7.73. The van der Waals surface area contributed by atoms with Crippen LogP contribution in [0.4, 0.5) is 0 Å². The fourth-order valence-electron chi connectivity index (χ4n) is 3.94. The van der Waals surface area contributed by atoms with Gasteiger partial charge in [0, 0.05) is 23.5 Å². The first-order chi connectivity index (χ1) is 12.5. The summed E-state index contributed by atoms with van der Waals surface area (Å²) in [5.74, 6) is 1.31. The molecule has 1 aliphatic carbocycles. The number of carbonyl (C=O) groups is 1. The first kappa shape index (κ1) is 17.1. The van der Waals surface area contributed by atoms with Crippen LogP contribution in [0.3, 0.4) is 0 Å². The summed E-state index contributed by atoms with van der Waals surface area (Å²) < 4.78 is 11.9. The molecule has 1 amide bonds. The number of piperidine rings is 1.